The molecule has 0 bridgehead atoms. The van der Waals surface area contributed by atoms with Crippen molar-refractivity contribution in [2.75, 3.05) is 26.3 Å². The van der Waals surface area contributed by atoms with Gasteiger partial charge in [0.25, 0.3) is 0 Å². The summed E-state index contributed by atoms with van der Waals surface area (Å²) in [5, 5.41) is 9.15. The molecule has 0 saturated carbocycles. The SMILES string of the molecule is CCCN(CC(C)C(N)=O)C1COCC1C(=O)O. The third-order valence-corrected chi connectivity index (χ3v) is 3.34. The zero-order valence-corrected chi connectivity index (χ0v) is 11.0. The van der Waals surface area contributed by atoms with Gasteiger partial charge < -0.3 is 15.6 Å². The van der Waals surface area contributed by atoms with Crippen LogP contribution in [0.25, 0.3) is 0 Å². The number of rotatable bonds is 7. The van der Waals surface area contributed by atoms with Gasteiger partial charge in [0.05, 0.1) is 19.1 Å². The molecule has 1 heterocycles. The van der Waals surface area contributed by atoms with Crippen molar-refractivity contribution in [1.29, 1.82) is 0 Å². The molecule has 1 saturated heterocycles. The Kier molecular flexibility index (Phi) is 5.55. The van der Waals surface area contributed by atoms with Crippen molar-refractivity contribution in [2.24, 2.45) is 17.6 Å². The average Bonchev–Trinajstić information content (AvgIpc) is 2.76. The molecule has 1 amide bonds. The summed E-state index contributed by atoms with van der Waals surface area (Å²) in [6.45, 7) is 5.66. The van der Waals surface area contributed by atoms with Crippen molar-refractivity contribution in [3.63, 3.8) is 0 Å². The third-order valence-electron chi connectivity index (χ3n) is 3.34. The van der Waals surface area contributed by atoms with Crippen LogP contribution in [0.15, 0.2) is 0 Å². The first kappa shape index (κ1) is 14.9. The summed E-state index contributed by atoms with van der Waals surface area (Å²) in [7, 11) is 0. The van der Waals surface area contributed by atoms with Gasteiger partial charge in [-0.1, -0.05) is 13.8 Å². The van der Waals surface area contributed by atoms with E-state index in [0.29, 0.717) is 13.2 Å². The van der Waals surface area contributed by atoms with Crippen LogP contribution < -0.4 is 5.73 Å². The van der Waals surface area contributed by atoms with Gasteiger partial charge in [0.1, 0.15) is 0 Å². The number of carboxylic acid groups (broad SMARTS) is 1. The molecule has 6 nitrogen and oxygen atoms in total. The van der Waals surface area contributed by atoms with Crippen LogP contribution in [0.4, 0.5) is 0 Å². The number of aliphatic carboxylic acids is 1. The van der Waals surface area contributed by atoms with Crippen LogP contribution in [-0.4, -0.2) is 54.2 Å². The molecule has 0 aliphatic carbocycles. The van der Waals surface area contributed by atoms with Gasteiger partial charge in [0.15, 0.2) is 0 Å². The Bertz CT molecular complexity index is 308. The van der Waals surface area contributed by atoms with E-state index in [-0.39, 0.29) is 24.5 Å². The van der Waals surface area contributed by atoms with Crippen LogP contribution in [0.3, 0.4) is 0 Å². The van der Waals surface area contributed by atoms with Crippen molar-refractivity contribution in [2.45, 2.75) is 26.3 Å². The van der Waals surface area contributed by atoms with Crippen molar-refractivity contribution < 1.29 is 19.4 Å². The third kappa shape index (κ3) is 3.68. The highest BCUT2D eigenvalue weighted by atomic mass is 16.5. The fraction of sp³-hybridized carbons (Fsp3) is 0.833. The van der Waals surface area contributed by atoms with Crippen LogP contribution in [0.1, 0.15) is 20.3 Å². The monoisotopic (exact) mass is 258 g/mol. The number of nitrogens with zero attached hydrogens (tertiary/aromatic N) is 1. The van der Waals surface area contributed by atoms with Crippen molar-refractivity contribution >= 4 is 11.9 Å². The van der Waals surface area contributed by atoms with E-state index in [2.05, 4.69) is 0 Å². The second kappa shape index (κ2) is 6.70. The molecule has 0 aromatic heterocycles. The molecule has 104 valence electrons. The van der Waals surface area contributed by atoms with E-state index in [9.17, 15) is 9.59 Å². The van der Waals surface area contributed by atoms with Crippen LogP contribution >= 0.6 is 0 Å². The molecule has 18 heavy (non-hydrogen) atoms. The lowest BCUT2D eigenvalue weighted by Crippen LogP contribution is -2.47. The van der Waals surface area contributed by atoms with Crippen LogP contribution in [0, 0.1) is 11.8 Å². The number of amides is 1. The normalized spacial score (nSPS) is 25.3. The van der Waals surface area contributed by atoms with Gasteiger partial charge in [-0.05, 0) is 13.0 Å². The summed E-state index contributed by atoms with van der Waals surface area (Å²) in [4.78, 5) is 24.3. The van der Waals surface area contributed by atoms with Gasteiger partial charge in [-0.3, -0.25) is 14.5 Å². The molecule has 3 unspecified atom stereocenters. The minimum atomic E-state index is -0.842. The quantitative estimate of drug-likeness (QED) is 0.666. The summed E-state index contributed by atoms with van der Waals surface area (Å²) in [5.41, 5.74) is 5.26. The molecule has 3 N–H and O–H groups in total. The van der Waals surface area contributed by atoms with Gasteiger partial charge in [-0.15, -0.1) is 0 Å². The molecular formula is C12H22N2O4. The highest BCUT2D eigenvalue weighted by Gasteiger charge is 2.38. The second-order valence-corrected chi connectivity index (χ2v) is 4.85. The molecule has 3 atom stereocenters. The van der Waals surface area contributed by atoms with Gasteiger partial charge >= 0.3 is 5.97 Å². The summed E-state index contributed by atoms with van der Waals surface area (Å²) < 4.78 is 5.26. The predicted octanol–water partition coefficient (Wildman–Crippen LogP) is -0.0806. The maximum Gasteiger partial charge on any atom is 0.310 e. The number of carbonyl (C=O) groups is 2. The van der Waals surface area contributed by atoms with Crippen LogP contribution in [0.2, 0.25) is 0 Å². The lowest BCUT2D eigenvalue weighted by molar-refractivity contribution is -0.143. The molecule has 1 aliphatic heterocycles. The Labute approximate surface area is 107 Å². The molecule has 6 heteroatoms. The van der Waals surface area contributed by atoms with E-state index in [1.807, 2.05) is 11.8 Å². The highest BCUT2D eigenvalue weighted by Crippen LogP contribution is 2.21. The lowest BCUT2D eigenvalue weighted by Gasteiger charge is -2.31. The molecule has 0 radical (unpaired) electrons. The number of primary amides is 1. The fourth-order valence-electron chi connectivity index (χ4n) is 2.26. The predicted molar refractivity (Wildman–Crippen MR) is 66.0 cm³/mol. The average molecular weight is 258 g/mol. The number of carbonyl (C=O) groups excluding carboxylic acids is 1. The van der Waals surface area contributed by atoms with E-state index < -0.39 is 11.9 Å². The molecule has 1 rings (SSSR count). The second-order valence-electron chi connectivity index (χ2n) is 4.85. The van der Waals surface area contributed by atoms with Crippen LogP contribution in [0.5, 0.6) is 0 Å². The topological polar surface area (TPSA) is 92.9 Å². The molecule has 0 spiro atoms. The zero-order chi connectivity index (χ0) is 13.7. The molecule has 0 aromatic carbocycles. The first-order valence-corrected chi connectivity index (χ1v) is 6.31. The molecule has 0 aromatic rings. The summed E-state index contributed by atoms with van der Waals surface area (Å²) in [5.74, 6) is -2.00. The Hall–Kier alpha value is -1.14. The van der Waals surface area contributed by atoms with Crippen molar-refractivity contribution in [3.05, 3.63) is 0 Å². The number of carboxylic acids is 1. The van der Waals surface area contributed by atoms with Crippen LogP contribution in [-0.2, 0) is 14.3 Å². The smallest absolute Gasteiger partial charge is 0.310 e. The molecular weight excluding hydrogens is 236 g/mol. The minimum Gasteiger partial charge on any atom is -0.481 e. The maximum absolute atomic E-state index is 11.1. The van der Waals surface area contributed by atoms with E-state index >= 15 is 0 Å². The fourth-order valence-corrected chi connectivity index (χ4v) is 2.26. The van der Waals surface area contributed by atoms with Crippen molar-refractivity contribution in [1.82, 2.24) is 4.90 Å². The summed E-state index contributed by atoms with van der Waals surface area (Å²) >= 11 is 0. The summed E-state index contributed by atoms with van der Waals surface area (Å²) in [6, 6.07) is -0.163. The minimum absolute atomic E-state index is 0.163. The number of hydrogen-bond acceptors (Lipinski definition) is 4. The standard InChI is InChI=1S/C12H22N2O4/c1-3-4-14(5-8(2)11(13)15)10-7-18-6-9(10)12(16)17/h8-10H,3-7H2,1-2H3,(H2,13,15)(H,16,17). The van der Waals surface area contributed by atoms with Gasteiger partial charge in [-0.2, -0.15) is 0 Å². The first-order chi connectivity index (χ1) is 8.47. The molecule has 1 aliphatic rings. The molecule has 1 fully saturated rings. The largest absolute Gasteiger partial charge is 0.481 e. The number of hydrogen-bond donors (Lipinski definition) is 2. The Morgan fingerprint density at radius 2 is 2.17 bits per heavy atom. The van der Waals surface area contributed by atoms with Crippen molar-refractivity contribution in [3.8, 4) is 0 Å². The maximum atomic E-state index is 11.1. The Morgan fingerprint density at radius 1 is 1.50 bits per heavy atom. The van der Waals surface area contributed by atoms with Gasteiger partial charge in [-0.25, -0.2) is 0 Å². The van der Waals surface area contributed by atoms with E-state index in [1.165, 1.54) is 0 Å². The number of ether oxygens (including phenoxy) is 1. The number of nitrogens with two attached hydrogens (primary N) is 1. The zero-order valence-electron chi connectivity index (χ0n) is 11.0. The van der Waals surface area contributed by atoms with E-state index in [1.54, 1.807) is 6.92 Å². The summed E-state index contributed by atoms with van der Waals surface area (Å²) in [6.07, 6.45) is 0.897. The van der Waals surface area contributed by atoms with Gasteiger partial charge in [0, 0.05) is 18.5 Å². The van der Waals surface area contributed by atoms with E-state index in [4.69, 9.17) is 15.6 Å². The Morgan fingerprint density at radius 3 is 2.67 bits per heavy atom. The Balaban J connectivity index is 2.71. The van der Waals surface area contributed by atoms with Gasteiger partial charge in [0.2, 0.25) is 5.91 Å². The first-order valence-electron chi connectivity index (χ1n) is 6.31. The highest BCUT2D eigenvalue weighted by molar-refractivity contribution is 5.76. The lowest BCUT2D eigenvalue weighted by atomic mass is 10.0. The van der Waals surface area contributed by atoms with E-state index in [0.717, 1.165) is 13.0 Å².